The standard InChI is InChI=1S/C42H62N10O12/c1-5-23(4)35(40(61)47-28(42(63)64)13-15-34(55)56)51-38(59)29(18-24-8-10-26(53)11-9-24)49-39(60)32-7-6-16-52(32)41(62)31(17-22(2)3)50-37(58)30(19-25-20-45-21-46-25)48-36(57)27(43)12-14-33(44)54/h8-11,20-23,27-32,35,53H,5-7,12-19,43H2,1-4H3,(H2,44,54)(H,45,46)(H,47,61)(H,48,57)(H,49,60)(H,50,58)(H,51,59)(H,55,56)(H,63,64). The van der Waals surface area contributed by atoms with Crippen molar-refractivity contribution in [2.24, 2.45) is 23.3 Å². The largest absolute Gasteiger partial charge is 0.508 e. The van der Waals surface area contributed by atoms with E-state index in [-0.39, 0.29) is 56.7 Å². The van der Waals surface area contributed by atoms with Crippen molar-refractivity contribution in [1.82, 2.24) is 41.5 Å². The maximum atomic E-state index is 14.4. The Balaban J connectivity index is 1.87. The molecule has 8 atom stereocenters. The highest BCUT2D eigenvalue weighted by Crippen LogP contribution is 2.22. The molecule has 0 spiro atoms. The summed E-state index contributed by atoms with van der Waals surface area (Å²) in [5.74, 6) is -8.59. The van der Waals surface area contributed by atoms with E-state index in [1.54, 1.807) is 13.8 Å². The highest BCUT2D eigenvalue weighted by Gasteiger charge is 2.41. The van der Waals surface area contributed by atoms with Gasteiger partial charge in [-0.1, -0.05) is 46.2 Å². The fraction of sp³-hybridized carbons (Fsp3) is 0.571. The van der Waals surface area contributed by atoms with Crippen LogP contribution in [-0.4, -0.2) is 132 Å². The van der Waals surface area contributed by atoms with Crippen LogP contribution in [0, 0.1) is 11.8 Å². The van der Waals surface area contributed by atoms with E-state index < -0.39 is 114 Å². The van der Waals surface area contributed by atoms with Crippen LogP contribution in [0.3, 0.4) is 0 Å². The second-order valence-corrected chi connectivity index (χ2v) is 16.5. The Morgan fingerprint density at radius 2 is 1.44 bits per heavy atom. The van der Waals surface area contributed by atoms with Gasteiger partial charge in [0.25, 0.3) is 0 Å². The van der Waals surface area contributed by atoms with E-state index in [4.69, 9.17) is 16.6 Å². The zero-order valence-electron chi connectivity index (χ0n) is 36.5. The number of H-pyrrole nitrogens is 1. The van der Waals surface area contributed by atoms with Crippen LogP contribution < -0.4 is 38.1 Å². The summed E-state index contributed by atoms with van der Waals surface area (Å²) < 4.78 is 0. The van der Waals surface area contributed by atoms with Crippen LogP contribution in [0.1, 0.15) is 90.3 Å². The number of imidazole rings is 1. The molecule has 352 valence electrons. The van der Waals surface area contributed by atoms with Gasteiger partial charge in [-0.3, -0.25) is 38.4 Å². The van der Waals surface area contributed by atoms with Crippen molar-refractivity contribution in [2.75, 3.05) is 6.54 Å². The number of hydrogen-bond acceptors (Lipinski definition) is 12. The fourth-order valence-electron chi connectivity index (χ4n) is 7.09. The van der Waals surface area contributed by atoms with E-state index in [0.29, 0.717) is 24.1 Å². The molecule has 1 saturated heterocycles. The third-order valence-electron chi connectivity index (χ3n) is 10.9. The first-order chi connectivity index (χ1) is 30.2. The first-order valence-electron chi connectivity index (χ1n) is 21.3. The number of nitrogens with one attached hydrogen (secondary N) is 6. The number of nitrogens with zero attached hydrogens (tertiary/aromatic N) is 2. The summed E-state index contributed by atoms with van der Waals surface area (Å²) in [6.45, 7) is 7.18. The van der Waals surface area contributed by atoms with Gasteiger partial charge >= 0.3 is 11.9 Å². The molecule has 0 radical (unpaired) electrons. The molecule has 13 N–H and O–H groups in total. The molecule has 0 bridgehead atoms. The number of phenols is 1. The lowest BCUT2D eigenvalue weighted by molar-refractivity contribution is -0.144. The van der Waals surface area contributed by atoms with E-state index in [0.717, 1.165) is 0 Å². The number of benzene rings is 1. The van der Waals surface area contributed by atoms with E-state index >= 15 is 0 Å². The van der Waals surface area contributed by atoms with Gasteiger partial charge in [-0.05, 0) is 61.6 Å². The zero-order chi connectivity index (χ0) is 47.7. The molecule has 22 nitrogen and oxygen atoms in total. The molecule has 2 heterocycles. The average molecular weight is 899 g/mol. The highest BCUT2D eigenvalue weighted by molar-refractivity contribution is 5.97. The van der Waals surface area contributed by atoms with Crippen LogP contribution in [-0.2, 0) is 56.0 Å². The molecule has 64 heavy (non-hydrogen) atoms. The number of likely N-dealkylation sites (tertiary alicyclic amines) is 1. The smallest absolute Gasteiger partial charge is 0.326 e. The molecule has 0 saturated carbocycles. The highest BCUT2D eigenvalue weighted by atomic mass is 16.4. The van der Waals surface area contributed by atoms with Gasteiger partial charge in [0.15, 0.2) is 0 Å². The Hall–Kier alpha value is -6.58. The molecular formula is C42H62N10O12. The number of carboxylic acids is 2. The Labute approximate surface area is 370 Å². The molecular weight excluding hydrogens is 837 g/mol. The molecule has 1 fully saturated rings. The van der Waals surface area contributed by atoms with E-state index in [2.05, 4.69) is 36.6 Å². The summed E-state index contributed by atoms with van der Waals surface area (Å²) >= 11 is 0. The maximum Gasteiger partial charge on any atom is 0.326 e. The molecule has 1 aromatic carbocycles. The summed E-state index contributed by atoms with van der Waals surface area (Å²) in [5, 5.41) is 41.6. The summed E-state index contributed by atoms with van der Waals surface area (Å²) in [4.78, 5) is 126. The molecule has 0 aliphatic carbocycles. The number of rotatable bonds is 26. The summed E-state index contributed by atoms with van der Waals surface area (Å²) in [5.41, 5.74) is 12.2. The van der Waals surface area contributed by atoms with Crippen molar-refractivity contribution in [3.8, 4) is 5.75 Å². The quantitative estimate of drug-likeness (QED) is 0.0537. The number of aromatic amines is 1. The van der Waals surface area contributed by atoms with Crippen molar-refractivity contribution in [1.29, 1.82) is 0 Å². The number of primary amides is 1. The molecule has 8 unspecified atom stereocenters. The van der Waals surface area contributed by atoms with Crippen LogP contribution in [0.4, 0.5) is 0 Å². The molecule has 22 heteroatoms. The Morgan fingerprint density at radius 3 is 2.02 bits per heavy atom. The zero-order valence-corrected chi connectivity index (χ0v) is 36.5. The first kappa shape index (κ1) is 51.8. The number of carbonyl (C=O) groups excluding carboxylic acids is 7. The SMILES string of the molecule is CCC(C)C(NC(=O)C(Cc1ccc(O)cc1)NC(=O)C1CCCN1C(=O)C(CC(C)C)NC(=O)C(Cc1cnc[nH]1)NC(=O)C(N)CCC(N)=O)C(=O)NC(CCC(=O)O)C(=O)O. The summed E-state index contributed by atoms with van der Waals surface area (Å²) in [6.07, 6.45) is 2.55. The second kappa shape index (κ2) is 24.9. The summed E-state index contributed by atoms with van der Waals surface area (Å²) in [6, 6.07) is -3.07. The summed E-state index contributed by atoms with van der Waals surface area (Å²) in [7, 11) is 0. The average Bonchev–Trinajstić information content (AvgIpc) is 3.95. The van der Waals surface area contributed by atoms with Gasteiger partial charge < -0.3 is 63.3 Å². The third kappa shape index (κ3) is 16.3. The lowest BCUT2D eigenvalue weighted by Gasteiger charge is -2.32. The first-order valence-corrected chi connectivity index (χ1v) is 21.3. The minimum absolute atomic E-state index is 0.0555. The van der Waals surface area contributed by atoms with Crippen molar-refractivity contribution in [2.45, 2.75) is 134 Å². The Kier molecular flexibility index (Phi) is 20.1. The van der Waals surface area contributed by atoms with E-state index in [1.807, 2.05) is 13.8 Å². The van der Waals surface area contributed by atoms with E-state index in [9.17, 15) is 53.4 Å². The number of aliphatic carboxylic acids is 2. The van der Waals surface area contributed by atoms with E-state index in [1.165, 1.54) is 41.7 Å². The predicted molar refractivity (Wildman–Crippen MR) is 228 cm³/mol. The van der Waals surface area contributed by atoms with Gasteiger partial charge in [-0.15, -0.1) is 0 Å². The topological polar surface area (TPSA) is 358 Å². The van der Waals surface area contributed by atoms with Crippen LogP contribution in [0.5, 0.6) is 5.75 Å². The van der Waals surface area contributed by atoms with Crippen molar-refractivity contribution >= 4 is 53.3 Å². The predicted octanol–water partition coefficient (Wildman–Crippen LogP) is -1.05. The molecule has 3 rings (SSSR count). The number of hydrogen-bond donors (Lipinski definition) is 11. The second-order valence-electron chi connectivity index (χ2n) is 16.5. The molecule has 1 aliphatic heterocycles. The van der Waals surface area contributed by atoms with Gasteiger partial charge in [0.05, 0.1) is 12.4 Å². The van der Waals surface area contributed by atoms with Crippen molar-refractivity contribution < 1.29 is 58.5 Å². The number of nitrogens with two attached hydrogens (primary N) is 2. The van der Waals surface area contributed by atoms with Gasteiger partial charge in [0, 0.05) is 44.1 Å². The lowest BCUT2D eigenvalue weighted by atomic mass is 9.96. The number of carbonyl (C=O) groups is 9. The maximum absolute atomic E-state index is 14.4. The van der Waals surface area contributed by atoms with Gasteiger partial charge in [-0.2, -0.15) is 0 Å². The number of phenolic OH excluding ortho intramolecular Hbond substituents is 1. The normalized spacial score (nSPS) is 16.8. The monoisotopic (exact) mass is 898 g/mol. The number of amides is 7. The number of aromatic nitrogens is 2. The van der Waals surface area contributed by atoms with Crippen LogP contribution in [0.2, 0.25) is 0 Å². The minimum Gasteiger partial charge on any atom is -0.508 e. The Bertz CT molecular complexity index is 1940. The van der Waals surface area contributed by atoms with Crippen LogP contribution in [0.15, 0.2) is 36.8 Å². The van der Waals surface area contributed by atoms with Gasteiger partial charge in [0.1, 0.15) is 42.0 Å². The van der Waals surface area contributed by atoms with Gasteiger partial charge in [0.2, 0.25) is 41.4 Å². The lowest BCUT2D eigenvalue weighted by Crippen LogP contribution is -2.60. The number of carboxylic acid groups (broad SMARTS) is 2. The van der Waals surface area contributed by atoms with Crippen LogP contribution >= 0.6 is 0 Å². The fourth-order valence-corrected chi connectivity index (χ4v) is 7.09. The molecule has 7 amide bonds. The van der Waals surface area contributed by atoms with Gasteiger partial charge in [-0.25, -0.2) is 9.78 Å². The van der Waals surface area contributed by atoms with Crippen molar-refractivity contribution in [3.05, 3.63) is 48.0 Å². The molecule has 1 aromatic heterocycles. The molecule has 2 aromatic rings. The van der Waals surface area contributed by atoms with Crippen LogP contribution in [0.25, 0.3) is 0 Å². The molecule has 1 aliphatic rings. The van der Waals surface area contributed by atoms with Crippen molar-refractivity contribution in [3.63, 3.8) is 0 Å². The Morgan fingerprint density at radius 1 is 0.812 bits per heavy atom. The third-order valence-corrected chi connectivity index (χ3v) is 10.9. The number of aromatic hydroxyl groups is 1. The minimum atomic E-state index is -1.56.